The Bertz CT molecular complexity index is 457. The number of rotatable bonds is 6. The Morgan fingerprint density at radius 1 is 1.25 bits per heavy atom. The fraction of sp³-hybridized carbons (Fsp3) is 0.429. The van der Waals surface area contributed by atoms with Gasteiger partial charge in [0.2, 0.25) is 11.8 Å². The molecule has 0 saturated heterocycles. The lowest BCUT2D eigenvalue weighted by Crippen LogP contribution is -2.44. The van der Waals surface area contributed by atoms with Gasteiger partial charge in [-0.15, -0.1) is 0 Å². The summed E-state index contributed by atoms with van der Waals surface area (Å²) in [6.45, 7) is 1.80. The van der Waals surface area contributed by atoms with E-state index in [0.717, 1.165) is 5.75 Å². The summed E-state index contributed by atoms with van der Waals surface area (Å²) in [6, 6.07) is 6.64. The molecule has 0 saturated carbocycles. The van der Waals surface area contributed by atoms with Gasteiger partial charge in [-0.1, -0.05) is 0 Å². The van der Waals surface area contributed by atoms with E-state index in [2.05, 4.69) is 10.6 Å². The predicted molar refractivity (Wildman–Crippen MR) is 77.8 cm³/mol. The van der Waals surface area contributed by atoms with Crippen LogP contribution in [0.15, 0.2) is 24.3 Å². The van der Waals surface area contributed by atoms with Crippen LogP contribution >= 0.6 is 0 Å². The molecule has 0 aliphatic rings. The van der Waals surface area contributed by atoms with Crippen LogP contribution in [0.5, 0.6) is 5.75 Å². The molecule has 1 unspecified atom stereocenters. The summed E-state index contributed by atoms with van der Waals surface area (Å²) < 4.78 is 5.03. The molecule has 20 heavy (non-hydrogen) atoms. The molecule has 0 aliphatic carbocycles. The smallest absolute Gasteiger partial charge is 0.238 e. The zero-order valence-corrected chi connectivity index (χ0v) is 12.3. The minimum atomic E-state index is -0.397. The first-order valence-electron chi connectivity index (χ1n) is 6.32. The SMILES string of the molecule is COc1ccc(NC(=O)CNC(C)C(=O)N(C)C)cc1. The predicted octanol–water partition coefficient (Wildman–Crippen LogP) is 0.700. The van der Waals surface area contributed by atoms with E-state index in [0.29, 0.717) is 5.69 Å². The molecule has 1 rings (SSSR count). The minimum absolute atomic E-state index is 0.0674. The molecule has 0 heterocycles. The largest absolute Gasteiger partial charge is 0.497 e. The van der Waals surface area contributed by atoms with E-state index in [1.165, 1.54) is 4.90 Å². The molecule has 1 aromatic rings. The van der Waals surface area contributed by atoms with E-state index in [-0.39, 0.29) is 18.4 Å². The van der Waals surface area contributed by atoms with Gasteiger partial charge in [0.05, 0.1) is 19.7 Å². The molecule has 6 nitrogen and oxygen atoms in total. The molecule has 110 valence electrons. The Hall–Kier alpha value is -2.08. The fourth-order valence-electron chi connectivity index (χ4n) is 1.60. The summed E-state index contributed by atoms with van der Waals surface area (Å²) in [4.78, 5) is 24.8. The van der Waals surface area contributed by atoms with E-state index in [9.17, 15) is 9.59 Å². The number of benzene rings is 1. The molecular weight excluding hydrogens is 258 g/mol. The molecule has 1 aromatic carbocycles. The molecule has 2 amide bonds. The lowest BCUT2D eigenvalue weighted by atomic mass is 10.3. The molecule has 6 heteroatoms. The molecule has 2 N–H and O–H groups in total. The number of hydrogen-bond donors (Lipinski definition) is 2. The van der Waals surface area contributed by atoms with Crippen LogP contribution in [0.3, 0.4) is 0 Å². The molecule has 1 atom stereocenters. The highest BCUT2D eigenvalue weighted by molar-refractivity contribution is 5.92. The van der Waals surface area contributed by atoms with Gasteiger partial charge < -0.3 is 15.0 Å². The van der Waals surface area contributed by atoms with Crippen molar-refractivity contribution in [2.75, 3.05) is 33.1 Å². The van der Waals surface area contributed by atoms with Crippen molar-refractivity contribution in [1.82, 2.24) is 10.2 Å². The fourth-order valence-corrected chi connectivity index (χ4v) is 1.60. The van der Waals surface area contributed by atoms with Crippen LogP contribution in [0.4, 0.5) is 5.69 Å². The summed E-state index contributed by atoms with van der Waals surface area (Å²) in [5.41, 5.74) is 0.684. The Morgan fingerprint density at radius 3 is 2.35 bits per heavy atom. The van der Waals surface area contributed by atoms with Crippen molar-refractivity contribution in [2.45, 2.75) is 13.0 Å². The number of nitrogens with zero attached hydrogens (tertiary/aromatic N) is 1. The third-order valence-corrected chi connectivity index (χ3v) is 2.75. The van der Waals surface area contributed by atoms with Gasteiger partial charge in [-0.2, -0.15) is 0 Å². The summed E-state index contributed by atoms with van der Waals surface area (Å²) in [7, 11) is 4.94. The van der Waals surface area contributed by atoms with E-state index in [1.54, 1.807) is 52.4 Å². The summed E-state index contributed by atoms with van der Waals surface area (Å²) >= 11 is 0. The first kappa shape index (κ1) is 16.0. The lowest BCUT2D eigenvalue weighted by Gasteiger charge is -2.17. The highest BCUT2D eigenvalue weighted by Crippen LogP contribution is 2.14. The maximum Gasteiger partial charge on any atom is 0.238 e. The molecule has 0 spiro atoms. The third kappa shape index (κ3) is 4.89. The highest BCUT2D eigenvalue weighted by atomic mass is 16.5. The van der Waals surface area contributed by atoms with Gasteiger partial charge >= 0.3 is 0 Å². The molecule has 0 bridgehead atoms. The zero-order valence-electron chi connectivity index (χ0n) is 12.3. The Labute approximate surface area is 119 Å². The van der Waals surface area contributed by atoms with E-state index >= 15 is 0 Å². The second-order valence-corrected chi connectivity index (χ2v) is 4.61. The first-order valence-corrected chi connectivity index (χ1v) is 6.32. The maximum atomic E-state index is 11.7. The zero-order chi connectivity index (χ0) is 15.1. The monoisotopic (exact) mass is 279 g/mol. The normalized spacial score (nSPS) is 11.6. The minimum Gasteiger partial charge on any atom is -0.497 e. The van der Waals surface area contributed by atoms with Crippen LogP contribution in [-0.2, 0) is 9.59 Å². The van der Waals surface area contributed by atoms with Gasteiger partial charge in [-0.3, -0.25) is 14.9 Å². The number of carbonyl (C=O) groups is 2. The second-order valence-electron chi connectivity index (χ2n) is 4.61. The maximum absolute atomic E-state index is 11.7. The van der Waals surface area contributed by atoms with Gasteiger partial charge in [-0.25, -0.2) is 0 Å². The molecule has 0 fully saturated rings. The number of amides is 2. The molecule has 0 aliphatic heterocycles. The second kappa shape index (κ2) is 7.49. The molecule has 0 aromatic heterocycles. The number of nitrogens with one attached hydrogen (secondary N) is 2. The molecule has 0 radical (unpaired) electrons. The number of carbonyl (C=O) groups excluding carboxylic acids is 2. The standard InChI is InChI=1S/C14H21N3O3/c1-10(14(19)17(2)3)15-9-13(18)16-11-5-7-12(20-4)8-6-11/h5-8,10,15H,9H2,1-4H3,(H,16,18). The van der Waals surface area contributed by atoms with Crippen LogP contribution in [-0.4, -0.2) is 50.5 Å². The van der Waals surface area contributed by atoms with Crippen molar-refractivity contribution in [3.8, 4) is 5.75 Å². The quantitative estimate of drug-likeness (QED) is 0.804. The average Bonchev–Trinajstić information content (AvgIpc) is 2.44. The summed E-state index contributed by atoms with van der Waals surface area (Å²) in [6.07, 6.45) is 0. The van der Waals surface area contributed by atoms with Gasteiger partial charge in [0.25, 0.3) is 0 Å². The lowest BCUT2D eigenvalue weighted by molar-refractivity contribution is -0.130. The average molecular weight is 279 g/mol. The van der Waals surface area contributed by atoms with Crippen molar-refractivity contribution in [3.05, 3.63) is 24.3 Å². The number of methoxy groups -OCH3 is 1. The first-order chi connectivity index (χ1) is 9.43. The number of anilines is 1. The molecular formula is C14H21N3O3. The van der Waals surface area contributed by atoms with Crippen LogP contribution in [0, 0.1) is 0 Å². The van der Waals surface area contributed by atoms with Crippen LogP contribution < -0.4 is 15.4 Å². The number of likely N-dealkylation sites (N-methyl/N-ethyl adjacent to an activating group) is 1. The van der Waals surface area contributed by atoms with Crippen LogP contribution in [0.25, 0.3) is 0 Å². The van der Waals surface area contributed by atoms with Gasteiger partial charge in [-0.05, 0) is 31.2 Å². The summed E-state index contributed by atoms with van der Waals surface area (Å²) in [5.74, 6) is 0.460. The highest BCUT2D eigenvalue weighted by Gasteiger charge is 2.15. The van der Waals surface area contributed by atoms with Crippen molar-refractivity contribution >= 4 is 17.5 Å². The van der Waals surface area contributed by atoms with Crippen molar-refractivity contribution in [3.63, 3.8) is 0 Å². The van der Waals surface area contributed by atoms with Crippen molar-refractivity contribution in [2.24, 2.45) is 0 Å². The van der Waals surface area contributed by atoms with Gasteiger partial charge in [0, 0.05) is 19.8 Å². The summed E-state index contributed by atoms with van der Waals surface area (Å²) in [5, 5.41) is 5.61. The van der Waals surface area contributed by atoms with Gasteiger partial charge in [0.15, 0.2) is 0 Å². The van der Waals surface area contributed by atoms with Gasteiger partial charge in [0.1, 0.15) is 5.75 Å². The van der Waals surface area contributed by atoms with Crippen LogP contribution in [0.2, 0.25) is 0 Å². The Kier molecular flexibility index (Phi) is 5.99. The third-order valence-electron chi connectivity index (χ3n) is 2.75. The Balaban J connectivity index is 2.41. The van der Waals surface area contributed by atoms with E-state index in [4.69, 9.17) is 4.74 Å². The van der Waals surface area contributed by atoms with E-state index < -0.39 is 6.04 Å². The van der Waals surface area contributed by atoms with Crippen molar-refractivity contribution < 1.29 is 14.3 Å². The van der Waals surface area contributed by atoms with E-state index in [1.807, 2.05) is 0 Å². The van der Waals surface area contributed by atoms with Crippen molar-refractivity contribution in [1.29, 1.82) is 0 Å². The number of hydrogen-bond acceptors (Lipinski definition) is 4. The van der Waals surface area contributed by atoms with Crippen LogP contribution in [0.1, 0.15) is 6.92 Å². The Morgan fingerprint density at radius 2 is 1.85 bits per heavy atom. The topological polar surface area (TPSA) is 70.7 Å². The number of ether oxygens (including phenoxy) is 1.